The minimum atomic E-state index is -0.653. The van der Waals surface area contributed by atoms with Crippen LogP contribution in [0.2, 0.25) is 0 Å². The summed E-state index contributed by atoms with van der Waals surface area (Å²) in [6, 6.07) is 12.7. The molecule has 1 aliphatic rings. The first-order chi connectivity index (χ1) is 12.1. The monoisotopic (exact) mass is 335 g/mol. The fourth-order valence-corrected chi connectivity index (χ4v) is 3.28. The van der Waals surface area contributed by atoms with Crippen LogP contribution < -0.4 is 5.32 Å². The van der Waals surface area contributed by atoms with Crippen LogP contribution >= 0.6 is 0 Å². The molecular formula is C19H17N3O3. The van der Waals surface area contributed by atoms with E-state index < -0.39 is 12.1 Å². The molecule has 1 aromatic carbocycles. The number of carbonyl (C=O) groups is 1. The fraction of sp³-hybridized carbons (Fsp3) is 0.211. The summed E-state index contributed by atoms with van der Waals surface area (Å²) in [5.74, 6) is 0.0825. The van der Waals surface area contributed by atoms with Gasteiger partial charge in [-0.1, -0.05) is 35.5 Å². The van der Waals surface area contributed by atoms with E-state index in [1.54, 1.807) is 25.3 Å². The van der Waals surface area contributed by atoms with Crippen molar-refractivity contribution in [3.05, 3.63) is 71.1 Å². The summed E-state index contributed by atoms with van der Waals surface area (Å²) in [5, 5.41) is 17.3. The van der Waals surface area contributed by atoms with Gasteiger partial charge in [0.05, 0.1) is 17.8 Å². The largest absolute Gasteiger partial charge is 0.390 e. The minimum absolute atomic E-state index is 0.333. The Morgan fingerprint density at radius 2 is 2.04 bits per heavy atom. The second-order valence-electron chi connectivity index (χ2n) is 6.10. The maximum absolute atomic E-state index is 12.9. The predicted molar refractivity (Wildman–Crippen MR) is 90.8 cm³/mol. The third-order valence-electron chi connectivity index (χ3n) is 4.49. The molecule has 0 saturated carbocycles. The van der Waals surface area contributed by atoms with Crippen LogP contribution in [-0.4, -0.2) is 27.3 Å². The quantitative estimate of drug-likeness (QED) is 0.767. The summed E-state index contributed by atoms with van der Waals surface area (Å²) in [7, 11) is 0. The van der Waals surface area contributed by atoms with E-state index in [-0.39, 0.29) is 5.91 Å². The maximum Gasteiger partial charge on any atom is 0.257 e. The minimum Gasteiger partial charge on any atom is -0.390 e. The summed E-state index contributed by atoms with van der Waals surface area (Å²) >= 11 is 0. The van der Waals surface area contributed by atoms with E-state index in [0.717, 1.165) is 11.1 Å². The number of aryl methyl sites for hydroxylation is 1. The summed E-state index contributed by atoms with van der Waals surface area (Å²) in [6.07, 6.45) is 1.51. The van der Waals surface area contributed by atoms with Crippen molar-refractivity contribution in [1.29, 1.82) is 0 Å². The van der Waals surface area contributed by atoms with Crippen molar-refractivity contribution in [2.24, 2.45) is 0 Å². The molecule has 1 aliphatic carbocycles. The average Bonchev–Trinajstić information content (AvgIpc) is 3.16. The molecule has 0 spiro atoms. The van der Waals surface area contributed by atoms with E-state index in [1.165, 1.54) is 0 Å². The van der Waals surface area contributed by atoms with Crippen molar-refractivity contribution in [3.63, 3.8) is 0 Å². The van der Waals surface area contributed by atoms with Crippen LogP contribution in [0.5, 0.6) is 0 Å². The van der Waals surface area contributed by atoms with Gasteiger partial charge < -0.3 is 14.9 Å². The number of benzene rings is 1. The summed E-state index contributed by atoms with van der Waals surface area (Å²) in [4.78, 5) is 17.1. The van der Waals surface area contributed by atoms with E-state index >= 15 is 0 Å². The van der Waals surface area contributed by atoms with Crippen LogP contribution in [-0.2, 0) is 6.42 Å². The highest BCUT2D eigenvalue weighted by atomic mass is 16.5. The first-order valence-corrected chi connectivity index (χ1v) is 8.09. The Morgan fingerprint density at radius 3 is 2.84 bits per heavy atom. The lowest BCUT2D eigenvalue weighted by Gasteiger charge is -2.18. The highest BCUT2D eigenvalue weighted by Crippen LogP contribution is 2.32. The molecule has 3 aromatic rings. The molecule has 6 nitrogen and oxygen atoms in total. The zero-order valence-electron chi connectivity index (χ0n) is 13.6. The van der Waals surface area contributed by atoms with E-state index in [1.807, 2.05) is 30.3 Å². The van der Waals surface area contributed by atoms with Gasteiger partial charge in [0, 0.05) is 12.6 Å². The lowest BCUT2D eigenvalue weighted by Crippen LogP contribution is -2.34. The van der Waals surface area contributed by atoms with Crippen molar-refractivity contribution in [1.82, 2.24) is 15.5 Å². The lowest BCUT2D eigenvalue weighted by molar-refractivity contribution is 0.0857. The van der Waals surface area contributed by atoms with Gasteiger partial charge in [-0.25, -0.2) is 0 Å². The molecule has 25 heavy (non-hydrogen) atoms. The Bertz CT molecular complexity index is 921. The summed E-state index contributed by atoms with van der Waals surface area (Å²) in [5.41, 5.74) is 3.30. The number of nitrogens with one attached hydrogen (secondary N) is 1. The predicted octanol–water partition coefficient (Wildman–Crippen LogP) is 2.43. The molecule has 0 fully saturated rings. The van der Waals surface area contributed by atoms with Crippen molar-refractivity contribution in [3.8, 4) is 11.4 Å². The van der Waals surface area contributed by atoms with Crippen LogP contribution in [0.25, 0.3) is 11.4 Å². The zero-order chi connectivity index (χ0) is 17.4. The Morgan fingerprint density at radius 1 is 1.24 bits per heavy atom. The summed E-state index contributed by atoms with van der Waals surface area (Å²) < 4.78 is 5.22. The fourth-order valence-electron chi connectivity index (χ4n) is 3.28. The molecule has 0 radical (unpaired) electrons. The van der Waals surface area contributed by atoms with Crippen molar-refractivity contribution >= 4 is 5.91 Å². The molecule has 2 aromatic heterocycles. The SMILES string of the molecule is Cc1onc(-c2ccccn2)c1C(=O)N[C@H]1c2ccccc2C[C@H]1O. The first-order valence-electron chi connectivity index (χ1n) is 8.09. The van der Waals surface area contributed by atoms with Gasteiger partial charge in [0.15, 0.2) is 0 Å². The maximum atomic E-state index is 12.9. The molecule has 2 heterocycles. The lowest BCUT2D eigenvalue weighted by atomic mass is 10.1. The van der Waals surface area contributed by atoms with E-state index in [9.17, 15) is 9.90 Å². The number of aromatic nitrogens is 2. The molecule has 4 rings (SSSR count). The van der Waals surface area contributed by atoms with Crippen LogP contribution in [0.4, 0.5) is 0 Å². The molecule has 6 heteroatoms. The third-order valence-corrected chi connectivity index (χ3v) is 4.49. The zero-order valence-corrected chi connectivity index (χ0v) is 13.6. The van der Waals surface area contributed by atoms with Gasteiger partial charge in [-0.15, -0.1) is 0 Å². The van der Waals surface area contributed by atoms with Crippen LogP contribution in [0.15, 0.2) is 53.2 Å². The molecule has 2 atom stereocenters. The number of nitrogens with zero attached hydrogens (tertiary/aromatic N) is 2. The van der Waals surface area contributed by atoms with Gasteiger partial charge in [0.25, 0.3) is 5.91 Å². The highest BCUT2D eigenvalue weighted by molar-refractivity contribution is 6.00. The van der Waals surface area contributed by atoms with Crippen molar-refractivity contribution in [2.45, 2.75) is 25.5 Å². The van der Waals surface area contributed by atoms with Gasteiger partial charge in [0.2, 0.25) is 0 Å². The molecule has 0 bridgehead atoms. The normalized spacial score (nSPS) is 18.8. The molecule has 2 N–H and O–H groups in total. The van der Waals surface area contributed by atoms with Crippen molar-refractivity contribution in [2.75, 3.05) is 0 Å². The highest BCUT2D eigenvalue weighted by Gasteiger charge is 2.33. The van der Waals surface area contributed by atoms with Gasteiger partial charge in [0.1, 0.15) is 17.0 Å². The van der Waals surface area contributed by atoms with E-state index in [4.69, 9.17) is 4.52 Å². The molecular weight excluding hydrogens is 318 g/mol. The molecule has 1 amide bonds. The average molecular weight is 335 g/mol. The molecule has 0 unspecified atom stereocenters. The van der Waals surface area contributed by atoms with Gasteiger partial charge >= 0.3 is 0 Å². The second kappa shape index (κ2) is 6.14. The van der Waals surface area contributed by atoms with Crippen LogP contribution in [0.3, 0.4) is 0 Å². The number of amides is 1. The number of hydrogen-bond donors (Lipinski definition) is 2. The molecule has 126 valence electrons. The van der Waals surface area contributed by atoms with Gasteiger partial charge in [-0.3, -0.25) is 9.78 Å². The number of aliphatic hydroxyl groups excluding tert-OH is 1. The van der Waals surface area contributed by atoms with Gasteiger partial charge in [-0.2, -0.15) is 0 Å². The second-order valence-corrected chi connectivity index (χ2v) is 6.10. The van der Waals surface area contributed by atoms with Gasteiger partial charge in [-0.05, 0) is 30.2 Å². The number of rotatable bonds is 3. The Labute approximate surface area is 144 Å². The Kier molecular flexibility index (Phi) is 3.82. The number of hydrogen-bond acceptors (Lipinski definition) is 5. The standard InChI is InChI=1S/C19H17N3O3/c1-11-16(18(22-25-11)14-8-4-5-9-20-14)19(24)21-17-13-7-3-2-6-12(13)10-15(17)23/h2-9,15,17,23H,10H2,1H3,(H,21,24)/t15-,17+/m1/s1. The third kappa shape index (κ3) is 2.70. The number of carbonyl (C=O) groups excluding carboxylic acids is 1. The summed E-state index contributed by atoms with van der Waals surface area (Å²) in [6.45, 7) is 1.69. The first kappa shape index (κ1) is 15.5. The molecule has 0 aliphatic heterocycles. The number of aliphatic hydroxyl groups is 1. The smallest absolute Gasteiger partial charge is 0.257 e. The van der Waals surface area contributed by atoms with Crippen LogP contribution in [0, 0.1) is 6.92 Å². The molecule has 0 saturated heterocycles. The van der Waals surface area contributed by atoms with E-state index in [0.29, 0.717) is 29.1 Å². The Balaban J connectivity index is 1.66. The number of pyridine rings is 1. The van der Waals surface area contributed by atoms with E-state index in [2.05, 4.69) is 15.5 Å². The Hall–Kier alpha value is -2.99. The van der Waals surface area contributed by atoms with Crippen molar-refractivity contribution < 1.29 is 14.4 Å². The van der Waals surface area contributed by atoms with Crippen LogP contribution in [0.1, 0.15) is 33.3 Å². The number of fused-ring (bicyclic) bond motifs is 1. The topological polar surface area (TPSA) is 88.2 Å².